The quantitative estimate of drug-likeness (QED) is 0.282. The van der Waals surface area contributed by atoms with Crippen molar-refractivity contribution in [3.63, 3.8) is 0 Å². The highest BCUT2D eigenvalue weighted by Crippen LogP contribution is 2.37. The van der Waals surface area contributed by atoms with E-state index in [1.807, 2.05) is 42.6 Å². The molecule has 2 aliphatic rings. The first-order valence-corrected chi connectivity index (χ1v) is 15.0. The van der Waals surface area contributed by atoms with Gasteiger partial charge in [0.25, 0.3) is 0 Å². The van der Waals surface area contributed by atoms with E-state index in [-0.39, 0.29) is 0 Å². The van der Waals surface area contributed by atoms with E-state index in [1.54, 1.807) is 0 Å². The van der Waals surface area contributed by atoms with Crippen LogP contribution in [0.3, 0.4) is 0 Å². The molecule has 0 unspecified atom stereocenters. The molecule has 38 heavy (non-hydrogen) atoms. The number of aromatic nitrogens is 1. The zero-order valence-electron chi connectivity index (χ0n) is 20.6. The molecule has 5 aromatic carbocycles. The van der Waals surface area contributed by atoms with Gasteiger partial charge < -0.3 is 4.74 Å². The zero-order valence-corrected chi connectivity index (χ0v) is 21.6. The topological polar surface area (TPSA) is 22.1 Å². The number of hydrogen-bond acceptors (Lipinski definition) is 2. The van der Waals surface area contributed by atoms with Crippen LogP contribution in [0.4, 0.5) is 0 Å². The van der Waals surface area contributed by atoms with E-state index in [1.165, 1.54) is 48.6 Å². The van der Waals surface area contributed by atoms with Gasteiger partial charge in [-0.1, -0.05) is 109 Å². The van der Waals surface area contributed by atoms with Gasteiger partial charge in [0.15, 0.2) is 8.07 Å². The van der Waals surface area contributed by atoms with Crippen LogP contribution in [0, 0.1) is 0 Å². The summed E-state index contributed by atoms with van der Waals surface area (Å²) in [6.07, 6.45) is 1.92. The van der Waals surface area contributed by atoms with Crippen LogP contribution in [0.2, 0.25) is 0 Å². The van der Waals surface area contributed by atoms with Crippen molar-refractivity contribution in [3.8, 4) is 45.0 Å². The van der Waals surface area contributed by atoms with Crippen molar-refractivity contribution in [2.45, 2.75) is 0 Å². The molecule has 2 nitrogen and oxygen atoms in total. The maximum Gasteiger partial charge on any atom is 0.219 e. The lowest BCUT2D eigenvalue weighted by molar-refractivity contribution is 0.463. The predicted octanol–water partition coefficient (Wildman–Crippen LogP) is 5.88. The minimum atomic E-state index is -2.42. The number of benzene rings is 5. The fourth-order valence-corrected chi connectivity index (χ4v) is 12.1. The molecule has 0 atom stereocenters. The highest BCUT2D eigenvalue weighted by atomic mass is 28.3. The van der Waals surface area contributed by atoms with E-state index < -0.39 is 8.07 Å². The number of nitrogens with zero attached hydrogens (tertiary/aromatic N) is 1. The minimum absolute atomic E-state index is 0.595. The van der Waals surface area contributed by atoms with Gasteiger partial charge in [-0.25, -0.2) is 4.98 Å². The lowest BCUT2D eigenvalue weighted by atomic mass is 10.0. The fraction of sp³-hybridized carbons (Fsp3) is 0. The molecule has 3 heterocycles. The molecule has 0 aliphatic carbocycles. The number of para-hydroxylation sites is 1. The molecule has 1 spiro atoms. The Morgan fingerprint density at radius 1 is 0.447 bits per heavy atom. The SMILES string of the molecule is c1ccc(Oc2ccc(-c3ccc4c(c3)[Si]3(c5ccccc5-c5ccccc53)c3ccccc3-4)cn2)cc1. The first kappa shape index (κ1) is 21.4. The van der Waals surface area contributed by atoms with E-state index in [2.05, 4.69) is 102 Å². The normalized spacial score (nSPS) is 13.5. The maximum atomic E-state index is 5.94. The van der Waals surface area contributed by atoms with Crippen LogP contribution < -0.4 is 25.5 Å². The van der Waals surface area contributed by atoms with Crippen molar-refractivity contribution in [1.82, 2.24) is 4.98 Å². The van der Waals surface area contributed by atoms with Crippen LogP contribution >= 0.6 is 0 Å². The van der Waals surface area contributed by atoms with Gasteiger partial charge in [0.2, 0.25) is 5.88 Å². The average Bonchev–Trinajstić information content (AvgIpc) is 3.45. The van der Waals surface area contributed by atoms with Crippen LogP contribution in [-0.4, -0.2) is 13.1 Å². The minimum Gasteiger partial charge on any atom is -0.439 e. The summed E-state index contributed by atoms with van der Waals surface area (Å²) in [7, 11) is -2.42. The largest absolute Gasteiger partial charge is 0.439 e. The van der Waals surface area contributed by atoms with E-state index in [0.717, 1.165) is 11.3 Å². The summed E-state index contributed by atoms with van der Waals surface area (Å²) in [4.78, 5) is 4.63. The summed E-state index contributed by atoms with van der Waals surface area (Å²) in [6, 6.07) is 48.0. The fourth-order valence-electron chi connectivity index (χ4n) is 6.50. The number of fused-ring (bicyclic) bond motifs is 10. The lowest BCUT2D eigenvalue weighted by Gasteiger charge is -2.28. The van der Waals surface area contributed by atoms with E-state index in [0.29, 0.717) is 5.88 Å². The molecule has 0 N–H and O–H groups in total. The molecule has 0 saturated heterocycles. The molecular weight excluding hydrogens is 478 g/mol. The highest BCUT2D eigenvalue weighted by molar-refractivity contribution is 7.24. The van der Waals surface area contributed by atoms with E-state index in [4.69, 9.17) is 4.74 Å². The van der Waals surface area contributed by atoms with Crippen LogP contribution in [0.1, 0.15) is 0 Å². The van der Waals surface area contributed by atoms with E-state index in [9.17, 15) is 0 Å². The van der Waals surface area contributed by atoms with E-state index >= 15 is 0 Å². The van der Waals surface area contributed by atoms with Gasteiger partial charge in [0.05, 0.1) is 0 Å². The summed E-state index contributed by atoms with van der Waals surface area (Å²) >= 11 is 0. The van der Waals surface area contributed by atoms with Crippen LogP contribution in [0.15, 0.2) is 140 Å². The number of hydrogen-bond donors (Lipinski definition) is 0. The predicted molar refractivity (Wildman–Crippen MR) is 158 cm³/mol. The van der Waals surface area contributed by atoms with Gasteiger partial charge >= 0.3 is 0 Å². The van der Waals surface area contributed by atoms with Crippen molar-refractivity contribution < 1.29 is 4.74 Å². The number of ether oxygens (including phenoxy) is 1. The van der Waals surface area contributed by atoms with Crippen molar-refractivity contribution in [3.05, 3.63) is 140 Å². The first-order chi connectivity index (χ1) is 18.8. The smallest absolute Gasteiger partial charge is 0.219 e. The third-order valence-corrected chi connectivity index (χ3v) is 13.0. The molecular formula is C35H23NOSi. The van der Waals surface area contributed by atoms with Crippen molar-refractivity contribution >= 4 is 28.8 Å². The second kappa shape index (κ2) is 8.14. The Bertz CT molecular complexity index is 1780. The Kier molecular flexibility index (Phi) is 4.57. The van der Waals surface area contributed by atoms with Crippen molar-refractivity contribution in [1.29, 1.82) is 0 Å². The summed E-state index contributed by atoms with van der Waals surface area (Å²) in [5.41, 5.74) is 7.77. The molecule has 6 aromatic rings. The summed E-state index contributed by atoms with van der Waals surface area (Å²) < 4.78 is 5.94. The molecule has 0 fully saturated rings. The third-order valence-electron chi connectivity index (χ3n) is 8.03. The van der Waals surface area contributed by atoms with Gasteiger partial charge in [0.1, 0.15) is 5.75 Å². The Morgan fingerprint density at radius 3 is 1.55 bits per heavy atom. The maximum absolute atomic E-state index is 5.94. The van der Waals surface area contributed by atoms with Gasteiger partial charge in [-0.2, -0.15) is 0 Å². The molecule has 0 bridgehead atoms. The Balaban J connectivity index is 1.31. The summed E-state index contributed by atoms with van der Waals surface area (Å²) in [5.74, 6) is 1.38. The van der Waals surface area contributed by atoms with Crippen LogP contribution in [0.5, 0.6) is 11.6 Å². The molecule has 8 rings (SSSR count). The molecule has 0 radical (unpaired) electrons. The molecule has 2 aliphatic heterocycles. The first-order valence-electron chi connectivity index (χ1n) is 13.0. The molecule has 0 saturated carbocycles. The second-order valence-electron chi connectivity index (χ2n) is 9.95. The van der Waals surface area contributed by atoms with Crippen LogP contribution in [-0.2, 0) is 0 Å². The number of rotatable bonds is 3. The average molecular weight is 502 g/mol. The van der Waals surface area contributed by atoms with Crippen molar-refractivity contribution in [2.24, 2.45) is 0 Å². The third kappa shape index (κ3) is 2.91. The van der Waals surface area contributed by atoms with Crippen LogP contribution in [0.25, 0.3) is 33.4 Å². The van der Waals surface area contributed by atoms with Gasteiger partial charge in [-0.3, -0.25) is 0 Å². The molecule has 0 amide bonds. The Morgan fingerprint density at radius 2 is 0.974 bits per heavy atom. The number of pyridine rings is 1. The summed E-state index contributed by atoms with van der Waals surface area (Å²) in [5, 5.41) is 5.95. The van der Waals surface area contributed by atoms with Gasteiger partial charge in [-0.15, -0.1) is 0 Å². The standard InChI is InChI=1S/C35H23NOSi/c1-2-10-26(11-3-1)37-35-21-19-25(23-36-35)24-18-20-30-29-14-6-9-17-33(29)38(34(30)22-24)31-15-7-4-12-27(31)28-13-5-8-16-32(28)38/h1-23H. The Labute approximate surface area is 222 Å². The Hall–Kier alpha value is -4.73. The second-order valence-corrected chi connectivity index (χ2v) is 13.6. The summed E-state index contributed by atoms with van der Waals surface area (Å²) in [6.45, 7) is 0. The zero-order chi connectivity index (χ0) is 25.1. The molecule has 178 valence electrons. The van der Waals surface area contributed by atoms with Crippen molar-refractivity contribution in [2.75, 3.05) is 0 Å². The lowest BCUT2D eigenvalue weighted by Crippen LogP contribution is -2.70. The monoisotopic (exact) mass is 501 g/mol. The molecule has 1 aromatic heterocycles. The molecule has 3 heteroatoms. The van der Waals surface area contributed by atoms with Gasteiger partial charge in [-0.05, 0) is 66.8 Å². The highest BCUT2D eigenvalue weighted by Gasteiger charge is 2.53. The van der Waals surface area contributed by atoms with Gasteiger partial charge in [0, 0.05) is 17.8 Å².